The van der Waals surface area contributed by atoms with Crippen LogP contribution in [-0.2, 0) is 0 Å². The second-order valence-corrected chi connectivity index (χ2v) is 6.80. The van der Waals surface area contributed by atoms with Crippen molar-refractivity contribution in [1.29, 1.82) is 0 Å². The second kappa shape index (κ2) is 4.47. The van der Waals surface area contributed by atoms with Crippen molar-refractivity contribution in [1.82, 2.24) is 4.98 Å². The van der Waals surface area contributed by atoms with Crippen molar-refractivity contribution in [3.8, 4) is 0 Å². The van der Waals surface area contributed by atoms with Gasteiger partial charge in [-0.25, -0.2) is 0 Å². The minimum atomic E-state index is -1.09. The normalized spacial score (nSPS) is 12.6. The molecule has 5 heteroatoms. The molecule has 1 rings (SSSR count). The van der Waals surface area contributed by atoms with Crippen molar-refractivity contribution in [3.05, 3.63) is 24.5 Å². The lowest BCUT2D eigenvalue weighted by Crippen LogP contribution is -2.18. The molecular weight excluding hydrogens is 233 g/mol. The predicted molar refractivity (Wildman–Crippen MR) is 57.5 cm³/mol. The van der Waals surface area contributed by atoms with Crippen LogP contribution in [0.25, 0.3) is 0 Å². The molecule has 0 radical (unpaired) electrons. The average molecular weight is 241 g/mol. The highest BCUT2D eigenvalue weighted by atomic mass is 35.6. The summed E-state index contributed by atoms with van der Waals surface area (Å²) in [6.07, 6.45) is 3.53. The first-order valence-electron chi connectivity index (χ1n) is 3.53. The summed E-state index contributed by atoms with van der Waals surface area (Å²) in [6.45, 7) is 0. The SMILES string of the molecule is ClC(Cl)(Cl)C[SiH2]c1ccncc1. The summed E-state index contributed by atoms with van der Waals surface area (Å²) in [5.74, 6) is 0. The fraction of sp³-hybridized carbons (Fsp3) is 0.286. The first kappa shape index (κ1) is 10.3. The van der Waals surface area contributed by atoms with Crippen molar-refractivity contribution in [2.24, 2.45) is 0 Å². The van der Waals surface area contributed by atoms with Crippen LogP contribution < -0.4 is 5.19 Å². The maximum Gasteiger partial charge on any atom is 0.188 e. The maximum absolute atomic E-state index is 5.63. The van der Waals surface area contributed by atoms with Gasteiger partial charge in [-0.05, 0) is 18.2 Å². The molecule has 0 saturated heterocycles. The van der Waals surface area contributed by atoms with Crippen LogP contribution in [0.3, 0.4) is 0 Å². The number of alkyl halides is 3. The van der Waals surface area contributed by atoms with Crippen molar-refractivity contribution in [3.63, 3.8) is 0 Å². The smallest absolute Gasteiger partial charge is 0.188 e. The monoisotopic (exact) mass is 239 g/mol. The molecule has 1 aromatic heterocycles. The maximum atomic E-state index is 5.63. The molecular formula is C7H8Cl3NSi. The van der Waals surface area contributed by atoms with Gasteiger partial charge in [-0.15, -0.1) is 0 Å². The van der Waals surface area contributed by atoms with Crippen LogP contribution in [0, 0.1) is 0 Å². The van der Waals surface area contributed by atoms with Crippen LogP contribution in [0.2, 0.25) is 6.04 Å². The van der Waals surface area contributed by atoms with E-state index in [9.17, 15) is 0 Å². The molecule has 0 aliphatic heterocycles. The standard InChI is InChI=1S/C7H8Cl3NSi/c8-7(9,10)5-12-6-1-3-11-4-2-6/h1-4H,5,12H2. The number of hydrogen-bond donors (Lipinski definition) is 0. The van der Waals surface area contributed by atoms with E-state index in [-0.39, 0.29) is 0 Å². The van der Waals surface area contributed by atoms with Gasteiger partial charge in [0.15, 0.2) is 3.79 Å². The highest BCUT2D eigenvalue weighted by Gasteiger charge is 2.18. The van der Waals surface area contributed by atoms with Crippen molar-refractivity contribution < 1.29 is 0 Å². The van der Waals surface area contributed by atoms with Gasteiger partial charge in [-0.3, -0.25) is 4.98 Å². The van der Waals surface area contributed by atoms with E-state index in [0.29, 0.717) is 6.04 Å². The first-order valence-corrected chi connectivity index (χ1v) is 6.38. The van der Waals surface area contributed by atoms with E-state index < -0.39 is 13.3 Å². The fourth-order valence-electron chi connectivity index (χ4n) is 0.836. The summed E-state index contributed by atoms with van der Waals surface area (Å²) < 4.78 is -1.09. The zero-order valence-corrected chi connectivity index (χ0v) is 9.99. The lowest BCUT2D eigenvalue weighted by molar-refractivity contribution is 1.24. The molecule has 1 aromatic rings. The molecule has 0 aromatic carbocycles. The Balaban J connectivity index is 2.44. The van der Waals surface area contributed by atoms with E-state index in [1.807, 2.05) is 12.1 Å². The molecule has 1 nitrogen and oxygen atoms in total. The minimum Gasteiger partial charge on any atom is -0.265 e. The molecule has 0 saturated carbocycles. The summed E-state index contributed by atoms with van der Waals surface area (Å²) in [6, 6.07) is 4.62. The zero-order valence-electron chi connectivity index (χ0n) is 6.30. The Morgan fingerprint density at radius 3 is 2.33 bits per heavy atom. The van der Waals surface area contributed by atoms with E-state index in [1.54, 1.807) is 12.4 Å². The molecule has 0 amide bonds. The number of hydrogen-bond acceptors (Lipinski definition) is 1. The van der Waals surface area contributed by atoms with Crippen molar-refractivity contribution in [2.75, 3.05) is 0 Å². The zero-order chi connectivity index (χ0) is 9.03. The van der Waals surface area contributed by atoms with Gasteiger partial charge in [0.1, 0.15) is 0 Å². The van der Waals surface area contributed by atoms with Crippen LogP contribution in [0.15, 0.2) is 24.5 Å². The molecule has 1 heterocycles. The minimum absolute atomic E-state index is 0.451. The van der Waals surface area contributed by atoms with Gasteiger partial charge in [0.25, 0.3) is 0 Å². The summed E-state index contributed by atoms with van der Waals surface area (Å²) >= 11 is 16.9. The van der Waals surface area contributed by atoms with Gasteiger partial charge in [0, 0.05) is 12.4 Å². The quantitative estimate of drug-likeness (QED) is 0.566. The Morgan fingerprint density at radius 1 is 1.25 bits per heavy atom. The Bertz CT molecular complexity index is 234. The largest absolute Gasteiger partial charge is 0.265 e. The lowest BCUT2D eigenvalue weighted by atomic mass is 10.5. The molecule has 66 valence electrons. The first-order chi connectivity index (χ1) is 5.58. The number of halogens is 3. The van der Waals surface area contributed by atoms with Gasteiger partial charge in [-0.2, -0.15) is 0 Å². The predicted octanol–water partition coefficient (Wildman–Crippen LogP) is 1.66. The van der Waals surface area contributed by atoms with Crippen LogP contribution in [0.4, 0.5) is 0 Å². The van der Waals surface area contributed by atoms with Crippen LogP contribution in [-0.4, -0.2) is 18.3 Å². The second-order valence-electron chi connectivity index (χ2n) is 2.47. The summed E-state index contributed by atoms with van der Waals surface area (Å²) in [7, 11) is -0.451. The Labute approximate surface area is 88.9 Å². The van der Waals surface area contributed by atoms with Crippen LogP contribution >= 0.6 is 34.8 Å². The van der Waals surface area contributed by atoms with E-state index in [2.05, 4.69) is 4.98 Å². The van der Waals surface area contributed by atoms with Crippen LogP contribution in [0.5, 0.6) is 0 Å². The van der Waals surface area contributed by atoms with E-state index in [4.69, 9.17) is 34.8 Å². The fourth-order valence-corrected chi connectivity index (χ4v) is 2.80. The van der Waals surface area contributed by atoms with Gasteiger partial charge < -0.3 is 0 Å². The molecule has 12 heavy (non-hydrogen) atoms. The summed E-state index contributed by atoms with van der Waals surface area (Å²) in [5, 5.41) is 1.27. The molecule has 0 spiro atoms. The lowest BCUT2D eigenvalue weighted by Gasteiger charge is -2.08. The Kier molecular flexibility index (Phi) is 3.84. The molecule has 0 atom stereocenters. The number of rotatable bonds is 2. The summed E-state index contributed by atoms with van der Waals surface area (Å²) in [5.41, 5.74) is 0. The number of aromatic nitrogens is 1. The number of pyridine rings is 1. The Morgan fingerprint density at radius 2 is 1.83 bits per heavy atom. The molecule has 0 fully saturated rings. The van der Waals surface area contributed by atoms with E-state index in [1.165, 1.54) is 5.19 Å². The molecule has 0 aliphatic carbocycles. The molecule has 0 N–H and O–H groups in total. The topological polar surface area (TPSA) is 12.9 Å². The van der Waals surface area contributed by atoms with E-state index in [0.717, 1.165) is 0 Å². The van der Waals surface area contributed by atoms with Gasteiger partial charge in [0.05, 0.1) is 9.52 Å². The number of nitrogens with zero attached hydrogens (tertiary/aromatic N) is 1. The van der Waals surface area contributed by atoms with E-state index >= 15 is 0 Å². The molecule has 0 unspecified atom stereocenters. The third-order valence-corrected chi connectivity index (χ3v) is 5.01. The highest BCUT2D eigenvalue weighted by Crippen LogP contribution is 2.29. The van der Waals surface area contributed by atoms with Gasteiger partial charge in [0.2, 0.25) is 0 Å². The summed E-state index contributed by atoms with van der Waals surface area (Å²) in [4.78, 5) is 3.91. The Hall–Kier alpha value is 0.237. The van der Waals surface area contributed by atoms with Crippen LogP contribution in [0.1, 0.15) is 0 Å². The highest BCUT2D eigenvalue weighted by molar-refractivity contribution is 6.72. The van der Waals surface area contributed by atoms with Crippen molar-refractivity contribution >= 4 is 49.5 Å². The third-order valence-electron chi connectivity index (χ3n) is 1.45. The van der Waals surface area contributed by atoms with Crippen molar-refractivity contribution in [2.45, 2.75) is 9.84 Å². The molecule has 0 bridgehead atoms. The third kappa shape index (κ3) is 4.31. The average Bonchev–Trinajstić information content (AvgIpc) is 2.02. The molecule has 0 aliphatic rings. The van der Waals surface area contributed by atoms with Gasteiger partial charge >= 0.3 is 0 Å². The van der Waals surface area contributed by atoms with Gasteiger partial charge in [-0.1, -0.05) is 40.0 Å².